The van der Waals surface area contributed by atoms with Gasteiger partial charge < -0.3 is 39.5 Å². The van der Waals surface area contributed by atoms with Crippen LogP contribution >= 0.6 is 0 Å². The molecule has 2 unspecified atom stereocenters. The van der Waals surface area contributed by atoms with Crippen LogP contribution < -0.4 is 25.0 Å². The number of aliphatic carboxylic acids is 1. The molecule has 0 aromatic heterocycles. The average molecular weight is 739 g/mol. The number of likely N-dealkylation sites (N-methyl/N-ethyl adjacent to an activating group) is 1. The number of quaternary nitrogens is 1. The molecule has 54 heavy (non-hydrogen) atoms. The van der Waals surface area contributed by atoms with E-state index in [0.29, 0.717) is 12.4 Å². The number of β-lactam (4-membered cyclic amide) rings is 1. The average Bonchev–Trinajstić information content (AvgIpc) is 3.19. The molecule has 12 nitrogen and oxygen atoms in total. The van der Waals surface area contributed by atoms with Gasteiger partial charge in [-0.25, -0.2) is 0 Å². The number of nitrogens with zero attached hydrogens (tertiary/aromatic N) is 3. The molecule has 5 aliphatic heterocycles. The molecule has 2 bridgehead atoms. The maximum absolute atomic E-state index is 13.9. The van der Waals surface area contributed by atoms with Crippen LogP contribution in [-0.2, 0) is 32.3 Å². The van der Waals surface area contributed by atoms with Gasteiger partial charge in [-0.05, 0) is 106 Å². The van der Waals surface area contributed by atoms with Crippen LogP contribution in [0.25, 0.3) is 0 Å². The van der Waals surface area contributed by atoms with Gasteiger partial charge in [-0.15, -0.1) is 0 Å². The summed E-state index contributed by atoms with van der Waals surface area (Å²) in [5.41, 5.74) is 3.82. The van der Waals surface area contributed by atoms with Crippen molar-refractivity contribution in [1.29, 1.82) is 0 Å². The SMILES string of the molecule is CC(NC(=O)COc1ccc(C2N(c3ccc(OCc4ccc(C[N+]56CCC(CC5)CC6)cc4)cc3)C(=O)C23CCNCC3)cc1)C(=O)N(C)CC(=O)O. The zero-order valence-electron chi connectivity index (χ0n) is 31.3. The van der Waals surface area contributed by atoms with Crippen LogP contribution in [-0.4, -0.2) is 97.1 Å². The Hall–Kier alpha value is -4.94. The minimum Gasteiger partial charge on any atom is -0.489 e. The summed E-state index contributed by atoms with van der Waals surface area (Å²) in [5, 5.41) is 14.9. The smallest absolute Gasteiger partial charge is 0.323 e. The third-order valence-corrected chi connectivity index (χ3v) is 12.1. The highest BCUT2D eigenvalue weighted by molar-refractivity contribution is 6.06. The van der Waals surface area contributed by atoms with E-state index in [0.717, 1.165) is 65.9 Å². The molecule has 12 heteroatoms. The normalized spacial score (nSPS) is 23.3. The number of rotatable bonds is 14. The molecular formula is C42H52N5O7+. The van der Waals surface area contributed by atoms with Crippen LogP contribution in [0, 0.1) is 11.3 Å². The number of nitrogens with one attached hydrogen (secondary N) is 2. The number of amides is 3. The van der Waals surface area contributed by atoms with E-state index in [4.69, 9.17) is 14.6 Å². The number of carbonyl (C=O) groups is 4. The monoisotopic (exact) mass is 738 g/mol. The number of fused-ring (bicyclic) bond motifs is 3. The maximum atomic E-state index is 13.9. The first-order chi connectivity index (χ1) is 26.0. The molecular weight excluding hydrogens is 686 g/mol. The van der Waals surface area contributed by atoms with Crippen molar-refractivity contribution in [3.63, 3.8) is 0 Å². The first-order valence-electron chi connectivity index (χ1n) is 19.2. The van der Waals surface area contributed by atoms with Gasteiger partial charge in [-0.1, -0.05) is 36.4 Å². The van der Waals surface area contributed by atoms with E-state index in [1.54, 1.807) is 12.1 Å². The lowest BCUT2D eigenvalue weighted by Gasteiger charge is -2.58. The molecule has 0 radical (unpaired) electrons. The van der Waals surface area contributed by atoms with Gasteiger partial charge in [0, 0.05) is 18.3 Å². The Bertz CT molecular complexity index is 1800. The van der Waals surface area contributed by atoms with Crippen LogP contribution in [0.5, 0.6) is 11.5 Å². The van der Waals surface area contributed by atoms with Crippen molar-refractivity contribution in [1.82, 2.24) is 15.5 Å². The number of anilines is 1. The lowest BCUT2D eigenvalue weighted by Crippen LogP contribution is -2.66. The van der Waals surface area contributed by atoms with Crippen molar-refractivity contribution in [3.8, 4) is 11.5 Å². The summed E-state index contributed by atoms with van der Waals surface area (Å²) in [7, 11) is 1.37. The largest absolute Gasteiger partial charge is 0.489 e. The fourth-order valence-electron chi connectivity index (χ4n) is 8.97. The molecule has 286 valence electrons. The molecule has 5 saturated heterocycles. The van der Waals surface area contributed by atoms with E-state index in [2.05, 4.69) is 34.9 Å². The Labute approximate surface area is 317 Å². The van der Waals surface area contributed by atoms with Crippen LogP contribution in [0.15, 0.2) is 72.8 Å². The van der Waals surface area contributed by atoms with Gasteiger partial charge in [0.25, 0.3) is 5.91 Å². The summed E-state index contributed by atoms with van der Waals surface area (Å²) < 4.78 is 13.1. The molecule has 3 aromatic carbocycles. The molecule has 5 aliphatic rings. The molecule has 5 fully saturated rings. The van der Waals surface area contributed by atoms with Crippen molar-refractivity contribution in [2.75, 3.05) is 57.8 Å². The van der Waals surface area contributed by atoms with Crippen LogP contribution in [0.1, 0.15) is 61.8 Å². The second-order valence-corrected chi connectivity index (χ2v) is 15.7. The summed E-state index contributed by atoms with van der Waals surface area (Å²) in [6, 6.07) is 23.0. The van der Waals surface area contributed by atoms with Crippen LogP contribution in [0.3, 0.4) is 0 Å². The van der Waals surface area contributed by atoms with E-state index < -0.39 is 35.8 Å². The number of hydrogen-bond donors (Lipinski definition) is 3. The highest BCUT2D eigenvalue weighted by atomic mass is 16.5. The summed E-state index contributed by atoms with van der Waals surface area (Å²) in [5.74, 6) is 0.145. The Kier molecular flexibility index (Phi) is 10.9. The van der Waals surface area contributed by atoms with Crippen LogP contribution in [0.2, 0.25) is 0 Å². The number of hydrogen-bond acceptors (Lipinski definition) is 7. The quantitative estimate of drug-likeness (QED) is 0.165. The predicted octanol–water partition coefficient (Wildman–Crippen LogP) is 4.28. The van der Waals surface area contributed by atoms with E-state index in [1.807, 2.05) is 41.3 Å². The maximum Gasteiger partial charge on any atom is 0.323 e. The summed E-state index contributed by atoms with van der Waals surface area (Å²) in [4.78, 5) is 52.6. The van der Waals surface area contributed by atoms with Crippen molar-refractivity contribution >= 4 is 29.4 Å². The number of benzene rings is 3. The summed E-state index contributed by atoms with van der Waals surface area (Å²) >= 11 is 0. The third kappa shape index (κ3) is 7.95. The van der Waals surface area contributed by atoms with Crippen molar-refractivity contribution in [2.45, 2.75) is 64.3 Å². The highest BCUT2D eigenvalue weighted by Gasteiger charge is 2.61. The highest BCUT2D eigenvalue weighted by Crippen LogP contribution is 2.57. The van der Waals surface area contributed by atoms with E-state index in [1.165, 1.54) is 62.9 Å². The van der Waals surface area contributed by atoms with Gasteiger partial charge in [-0.2, -0.15) is 0 Å². The number of carboxylic acid groups (broad SMARTS) is 1. The van der Waals surface area contributed by atoms with E-state index >= 15 is 0 Å². The van der Waals surface area contributed by atoms with E-state index in [-0.39, 0.29) is 18.6 Å². The van der Waals surface area contributed by atoms with Gasteiger partial charge in [0.05, 0.1) is 31.1 Å². The van der Waals surface area contributed by atoms with Gasteiger partial charge in [0.15, 0.2) is 6.61 Å². The van der Waals surface area contributed by atoms with Crippen molar-refractivity contribution in [3.05, 3.63) is 89.5 Å². The fraction of sp³-hybridized carbons (Fsp3) is 0.476. The molecule has 0 saturated carbocycles. The van der Waals surface area contributed by atoms with Crippen LogP contribution in [0.4, 0.5) is 5.69 Å². The first kappa shape index (κ1) is 37.4. The lowest BCUT2D eigenvalue weighted by atomic mass is 9.62. The van der Waals surface area contributed by atoms with Gasteiger partial charge in [-0.3, -0.25) is 19.2 Å². The van der Waals surface area contributed by atoms with Crippen molar-refractivity contribution in [2.24, 2.45) is 11.3 Å². The standard InChI is InChI=1S/C42H51N5O7/c1-29(40(51)45(2)25-38(49)50)44-37(48)28-54-35-11-7-33(8-12-35)39-42(18-20-43-21-19-42)41(52)46(39)34-9-13-36(14-10-34)53-27-32-5-3-31(4-6-32)26-47-22-15-30(16-23-47)17-24-47/h3-14,29-30,39,43H,15-28H2,1-2H3,(H-,44,48,49,50)/p+1. The first-order valence-corrected chi connectivity index (χ1v) is 19.2. The second kappa shape index (κ2) is 15.8. The number of piperidine rings is 4. The number of ether oxygens (including phenoxy) is 2. The Morgan fingerprint density at radius 3 is 2.13 bits per heavy atom. The zero-order chi connectivity index (χ0) is 37.9. The number of carbonyl (C=O) groups excluding carboxylic acids is 3. The molecule has 0 aliphatic carbocycles. The Morgan fingerprint density at radius 1 is 0.907 bits per heavy atom. The van der Waals surface area contributed by atoms with Gasteiger partial charge >= 0.3 is 5.97 Å². The summed E-state index contributed by atoms with van der Waals surface area (Å²) in [6.07, 6.45) is 5.63. The topological polar surface area (TPSA) is 138 Å². The van der Waals surface area contributed by atoms with Gasteiger partial charge in [0.2, 0.25) is 11.8 Å². The minimum absolute atomic E-state index is 0.122. The molecule has 3 N–H and O–H groups in total. The molecule has 3 amide bonds. The van der Waals surface area contributed by atoms with Gasteiger partial charge in [0.1, 0.15) is 37.2 Å². The fourth-order valence-corrected chi connectivity index (χ4v) is 8.97. The Morgan fingerprint density at radius 2 is 1.50 bits per heavy atom. The lowest BCUT2D eigenvalue weighted by molar-refractivity contribution is -0.955. The van der Waals surface area contributed by atoms with Crippen molar-refractivity contribution < 1.29 is 38.2 Å². The Balaban J connectivity index is 0.953. The summed E-state index contributed by atoms with van der Waals surface area (Å²) in [6.45, 7) is 7.82. The molecule has 8 rings (SSSR count). The zero-order valence-corrected chi connectivity index (χ0v) is 31.3. The number of carboxylic acids is 1. The molecule has 3 aromatic rings. The predicted molar refractivity (Wildman–Crippen MR) is 203 cm³/mol. The molecule has 5 heterocycles. The second-order valence-electron chi connectivity index (χ2n) is 15.7. The molecule has 2 atom stereocenters. The minimum atomic E-state index is -1.14. The third-order valence-electron chi connectivity index (χ3n) is 12.1. The van der Waals surface area contributed by atoms with E-state index in [9.17, 15) is 19.2 Å². The molecule has 1 spiro atoms.